The van der Waals surface area contributed by atoms with Gasteiger partial charge in [-0.05, 0) is 29.7 Å². The van der Waals surface area contributed by atoms with Crippen molar-refractivity contribution < 1.29 is 9.90 Å². The number of aromatic nitrogens is 3. The van der Waals surface area contributed by atoms with Gasteiger partial charge in [0.25, 0.3) is 0 Å². The van der Waals surface area contributed by atoms with Crippen LogP contribution in [0.4, 0.5) is 5.82 Å². The summed E-state index contributed by atoms with van der Waals surface area (Å²) in [5.74, 6) is -0.363. The lowest BCUT2D eigenvalue weighted by Gasteiger charge is -2.16. The number of aryl methyl sites for hydroxylation is 1. The molecule has 0 aliphatic heterocycles. The quantitative estimate of drug-likeness (QED) is 0.309. The van der Waals surface area contributed by atoms with E-state index in [1.54, 1.807) is 11.3 Å². The van der Waals surface area contributed by atoms with Gasteiger partial charge in [-0.3, -0.25) is 0 Å². The summed E-state index contributed by atoms with van der Waals surface area (Å²) in [4.78, 5) is 26.4. The Kier molecular flexibility index (Phi) is 5.33. The van der Waals surface area contributed by atoms with E-state index in [1.807, 2.05) is 42.6 Å². The molecule has 7 heteroatoms. The van der Waals surface area contributed by atoms with Crippen molar-refractivity contribution >= 4 is 44.2 Å². The SMILES string of the molecule is CCc1sc2ncnc(NC(Cc3ccccc3)C(=O)O)c2c1-c1cccc2[nH]ccc12. The number of aliphatic carboxylic acids is 1. The molecule has 3 heterocycles. The van der Waals surface area contributed by atoms with Gasteiger partial charge in [-0.1, -0.05) is 49.4 Å². The van der Waals surface area contributed by atoms with Crippen molar-refractivity contribution in [2.75, 3.05) is 5.32 Å². The standard InChI is InChI=1S/C25H22N4O2S/c1-2-20-21(17-9-6-10-18-16(17)11-12-26-18)22-23(27-14-28-24(22)32-20)29-19(25(30)31)13-15-7-4-3-5-8-15/h3-12,14,19,26H,2,13H2,1H3,(H,30,31)(H,27,28,29). The highest BCUT2D eigenvalue weighted by Crippen LogP contribution is 2.43. The van der Waals surface area contributed by atoms with Crippen LogP contribution in [0.2, 0.25) is 0 Å². The van der Waals surface area contributed by atoms with E-state index in [0.29, 0.717) is 12.2 Å². The Hall–Kier alpha value is -3.71. The van der Waals surface area contributed by atoms with Crippen LogP contribution in [0.5, 0.6) is 0 Å². The van der Waals surface area contributed by atoms with E-state index < -0.39 is 12.0 Å². The number of hydrogen-bond acceptors (Lipinski definition) is 5. The summed E-state index contributed by atoms with van der Waals surface area (Å²) in [5.41, 5.74) is 4.18. The third-order valence-corrected chi connectivity index (χ3v) is 6.88. The summed E-state index contributed by atoms with van der Waals surface area (Å²) in [6.45, 7) is 2.13. The maximum atomic E-state index is 12.1. The lowest BCUT2D eigenvalue weighted by atomic mass is 9.98. The van der Waals surface area contributed by atoms with E-state index in [9.17, 15) is 9.90 Å². The van der Waals surface area contributed by atoms with Crippen LogP contribution in [0, 0.1) is 0 Å². The molecule has 0 aliphatic rings. The van der Waals surface area contributed by atoms with Crippen molar-refractivity contribution in [3.63, 3.8) is 0 Å². The van der Waals surface area contributed by atoms with Crippen LogP contribution in [-0.4, -0.2) is 32.1 Å². The number of rotatable bonds is 7. The fourth-order valence-corrected chi connectivity index (χ4v) is 5.23. The molecule has 3 N–H and O–H groups in total. The Labute approximate surface area is 189 Å². The Morgan fingerprint density at radius 2 is 1.97 bits per heavy atom. The van der Waals surface area contributed by atoms with E-state index in [1.165, 1.54) is 11.2 Å². The number of H-pyrrole nitrogens is 1. The fraction of sp³-hybridized carbons (Fsp3) is 0.160. The summed E-state index contributed by atoms with van der Waals surface area (Å²) >= 11 is 1.63. The van der Waals surface area contributed by atoms with E-state index in [0.717, 1.165) is 44.2 Å². The number of carboxylic acid groups (broad SMARTS) is 1. The van der Waals surface area contributed by atoms with Gasteiger partial charge in [0.1, 0.15) is 23.0 Å². The van der Waals surface area contributed by atoms with E-state index >= 15 is 0 Å². The van der Waals surface area contributed by atoms with Gasteiger partial charge in [0.15, 0.2) is 0 Å². The first-order chi connectivity index (χ1) is 15.7. The van der Waals surface area contributed by atoms with Crippen molar-refractivity contribution in [1.82, 2.24) is 15.0 Å². The minimum Gasteiger partial charge on any atom is -0.480 e. The Morgan fingerprint density at radius 3 is 2.75 bits per heavy atom. The number of carbonyl (C=O) groups is 1. The molecule has 0 spiro atoms. The zero-order valence-electron chi connectivity index (χ0n) is 17.5. The molecular weight excluding hydrogens is 420 g/mol. The molecule has 0 fully saturated rings. The molecular formula is C25H22N4O2S. The highest BCUT2D eigenvalue weighted by Gasteiger charge is 2.24. The predicted molar refractivity (Wildman–Crippen MR) is 129 cm³/mol. The normalized spacial score (nSPS) is 12.3. The largest absolute Gasteiger partial charge is 0.480 e. The maximum absolute atomic E-state index is 12.1. The molecule has 32 heavy (non-hydrogen) atoms. The third kappa shape index (κ3) is 3.61. The number of nitrogens with zero attached hydrogens (tertiary/aromatic N) is 2. The summed E-state index contributed by atoms with van der Waals surface area (Å²) in [6.07, 6.45) is 4.64. The number of carboxylic acids is 1. The monoisotopic (exact) mass is 442 g/mol. The Balaban J connectivity index is 1.65. The number of hydrogen-bond donors (Lipinski definition) is 3. The van der Waals surface area contributed by atoms with Crippen LogP contribution in [0.3, 0.4) is 0 Å². The van der Waals surface area contributed by atoms with Gasteiger partial charge in [-0.15, -0.1) is 11.3 Å². The number of aromatic amines is 1. The van der Waals surface area contributed by atoms with Crippen molar-refractivity contribution in [3.05, 3.63) is 77.6 Å². The lowest BCUT2D eigenvalue weighted by Crippen LogP contribution is -2.32. The van der Waals surface area contributed by atoms with Crippen LogP contribution in [-0.2, 0) is 17.6 Å². The molecule has 6 nitrogen and oxygen atoms in total. The van der Waals surface area contributed by atoms with Gasteiger partial charge in [0.05, 0.1) is 5.39 Å². The Bertz CT molecular complexity index is 1410. The molecule has 0 aliphatic carbocycles. The molecule has 3 aromatic heterocycles. The van der Waals surface area contributed by atoms with Crippen molar-refractivity contribution in [2.45, 2.75) is 25.8 Å². The second-order valence-corrected chi connectivity index (χ2v) is 8.71. The Morgan fingerprint density at radius 1 is 1.12 bits per heavy atom. The van der Waals surface area contributed by atoms with Crippen LogP contribution in [0.25, 0.3) is 32.2 Å². The summed E-state index contributed by atoms with van der Waals surface area (Å²) < 4.78 is 0. The number of benzene rings is 2. The topological polar surface area (TPSA) is 90.9 Å². The minimum atomic E-state index is -0.916. The first-order valence-electron chi connectivity index (χ1n) is 10.5. The van der Waals surface area contributed by atoms with E-state index in [4.69, 9.17) is 0 Å². The third-order valence-electron chi connectivity index (χ3n) is 5.64. The minimum absolute atomic E-state index is 0.356. The van der Waals surface area contributed by atoms with Crippen LogP contribution in [0.15, 0.2) is 67.1 Å². The van der Waals surface area contributed by atoms with Gasteiger partial charge in [0.2, 0.25) is 0 Å². The average molecular weight is 443 g/mol. The zero-order valence-corrected chi connectivity index (χ0v) is 18.3. The average Bonchev–Trinajstić information content (AvgIpc) is 3.44. The van der Waals surface area contributed by atoms with Gasteiger partial charge in [-0.2, -0.15) is 0 Å². The maximum Gasteiger partial charge on any atom is 0.326 e. The summed E-state index contributed by atoms with van der Waals surface area (Å²) in [5, 5.41) is 15.1. The summed E-state index contributed by atoms with van der Waals surface area (Å²) in [6, 6.07) is 17.1. The van der Waals surface area contributed by atoms with Crippen LogP contribution < -0.4 is 5.32 Å². The van der Waals surface area contributed by atoms with E-state index in [2.05, 4.69) is 45.4 Å². The number of thiophene rings is 1. The van der Waals surface area contributed by atoms with Crippen LogP contribution in [0.1, 0.15) is 17.4 Å². The smallest absolute Gasteiger partial charge is 0.326 e. The molecule has 0 saturated heterocycles. The molecule has 0 saturated carbocycles. The molecule has 1 unspecified atom stereocenters. The number of anilines is 1. The second-order valence-electron chi connectivity index (χ2n) is 7.63. The first kappa shape index (κ1) is 20.2. The molecule has 0 radical (unpaired) electrons. The molecule has 5 rings (SSSR count). The molecule has 5 aromatic rings. The van der Waals surface area contributed by atoms with Crippen molar-refractivity contribution in [2.24, 2.45) is 0 Å². The molecule has 2 aromatic carbocycles. The second kappa shape index (κ2) is 8.43. The lowest BCUT2D eigenvalue weighted by molar-refractivity contribution is -0.137. The first-order valence-corrected chi connectivity index (χ1v) is 11.3. The van der Waals surface area contributed by atoms with Crippen LogP contribution >= 0.6 is 11.3 Å². The molecule has 1 atom stereocenters. The number of nitrogens with one attached hydrogen (secondary N) is 2. The highest BCUT2D eigenvalue weighted by atomic mass is 32.1. The molecule has 160 valence electrons. The summed E-state index contributed by atoms with van der Waals surface area (Å²) in [7, 11) is 0. The zero-order chi connectivity index (χ0) is 22.1. The van der Waals surface area contributed by atoms with Gasteiger partial charge >= 0.3 is 5.97 Å². The molecule has 0 amide bonds. The van der Waals surface area contributed by atoms with Crippen molar-refractivity contribution in [1.29, 1.82) is 0 Å². The molecule has 0 bridgehead atoms. The predicted octanol–water partition coefficient (Wildman–Crippen LogP) is 5.51. The number of fused-ring (bicyclic) bond motifs is 2. The fourth-order valence-electron chi connectivity index (χ4n) is 4.14. The van der Waals surface area contributed by atoms with Crippen molar-refractivity contribution in [3.8, 4) is 11.1 Å². The van der Waals surface area contributed by atoms with E-state index in [-0.39, 0.29) is 0 Å². The van der Waals surface area contributed by atoms with Gasteiger partial charge in [-0.25, -0.2) is 14.8 Å². The van der Waals surface area contributed by atoms with Gasteiger partial charge < -0.3 is 15.4 Å². The highest BCUT2D eigenvalue weighted by molar-refractivity contribution is 7.19. The van der Waals surface area contributed by atoms with Gasteiger partial charge in [0, 0.05) is 34.0 Å².